The van der Waals surface area contributed by atoms with Crippen molar-refractivity contribution in [3.63, 3.8) is 0 Å². The average Bonchev–Trinajstić information content (AvgIpc) is 3.03. The van der Waals surface area contributed by atoms with Crippen molar-refractivity contribution in [1.82, 2.24) is 20.0 Å². The van der Waals surface area contributed by atoms with Crippen LogP contribution in [0.5, 0.6) is 5.75 Å². The number of fused-ring (bicyclic) bond motifs is 2. The number of likely N-dealkylation sites (N-methyl/N-ethyl adjacent to an activating group) is 1. The molecule has 3 aliphatic heterocycles. The number of aliphatic hydroxyl groups is 1. The van der Waals surface area contributed by atoms with E-state index in [1.165, 1.54) is 12.8 Å². The van der Waals surface area contributed by atoms with Gasteiger partial charge in [0.15, 0.2) is 5.82 Å². The number of aromatic hydroxyl groups is 1. The van der Waals surface area contributed by atoms with Crippen LogP contribution >= 0.6 is 0 Å². The molecular formula is C27H40N6O4. The van der Waals surface area contributed by atoms with E-state index in [1.807, 2.05) is 39.0 Å². The highest BCUT2D eigenvalue weighted by Crippen LogP contribution is 2.35. The Morgan fingerprint density at radius 2 is 1.76 bits per heavy atom. The normalized spacial score (nSPS) is 23.9. The maximum Gasteiger partial charge on any atom is 0.410 e. The van der Waals surface area contributed by atoms with Crippen molar-refractivity contribution in [2.45, 2.75) is 70.2 Å². The molecule has 1 amide bonds. The van der Waals surface area contributed by atoms with Crippen LogP contribution in [0.15, 0.2) is 30.3 Å². The molecular weight excluding hydrogens is 472 g/mol. The number of carbonyl (C=O) groups is 1. The standard InChI is InChI=1S/C17H21N5O.C10H19NO3/c1-21-11-6-7-12(21)10-22(9-11)15-8-14(19-20-17(15)18)13-4-2-3-5-16(13)23;1-10(2,3)14-9(13)11-6-4-5-8(12)7-11/h2-5,8,11-12,23H,6-7,9-10H2,1H3,(H2,18,20);8,12H,4-7H2,1-3H3. The molecule has 0 aliphatic carbocycles. The second-order valence-corrected chi connectivity index (χ2v) is 11.2. The predicted octanol–water partition coefficient (Wildman–Crippen LogP) is 3.09. The molecule has 202 valence electrons. The SMILES string of the molecule is CC(C)(C)OC(=O)N1CCCC(O)C1.CN1C2CCC1CN(c1cc(-c3ccccc3O)nnc1N)C2. The number of ether oxygens (including phenoxy) is 1. The lowest BCUT2D eigenvalue weighted by atomic mass is 10.1. The van der Waals surface area contributed by atoms with Crippen molar-refractivity contribution >= 4 is 17.6 Å². The number of carbonyl (C=O) groups excluding carboxylic acids is 1. The summed E-state index contributed by atoms with van der Waals surface area (Å²) in [6.45, 7) is 8.52. The number of likely N-dealkylation sites (tertiary alicyclic amines) is 1. The second-order valence-electron chi connectivity index (χ2n) is 11.2. The molecule has 37 heavy (non-hydrogen) atoms. The third kappa shape index (κ3) is 6.61. The van der Waals surface area contributed by atoms with Gasteiger partial charge in [-0.3, -0.25) is 4.90 Å². The molecule has 4 N–H and O–H groups in total. The zero-order valence-corrected chi connectivity index (χ0v) is 22.3. The number of hydrogen-bond acceptors (Lipinski definition) is 9. The molecule has 2 bridgehead atoms. The van der Waals surface area contributed by atoms with Gasteiger partial charge >= 0.3 is 6.09 Å². The number of nitrogen functional groups attached to an aromatic ring is 1. The van der Waals surface area contributed by atoms with Crippen molar-refractivity contribution in [1.29, 1.82) is 0 Å². The Morgan fingerprint density at radius 3 is 2.38 bits per heavy atom. The molecule has 1 aromatic heterocycles. The summed E-state index contributed by atoms with van der Waals surface area (Å²) in [6.07, 6.45) is 3.39. The Kier molecular flexibility index (Phi) is 8.08. The van der Waals surface area contributed by atoms with Gasteiger partial charge < -0.3 is 30.5 Å². The van der Waals surface area contributed by atoms with Crippen LogP contribution in [0.25, 0.3) is 11.3 Å². The van der Waals surface area contributed by atoms with Crippen molar-refractivity contribution in [2.24, 2.45) is 0 Å². The molecule has 2 aromatic rings. The summed E-state index contributed by atoms with van der Waals surface area (Å²) in [5.41, 5.74) is 7.88. The van der Waals surface area contributed by atoms with Crippen LogP contribution in [0.2, 0.25) is 0 Å². The van der Waals surface area contributed by atoms with E-state index in [-0.39, 0.29) is 11.8 Å². The van der Waals surface area contributed by atoms with E-state index >= 15 is 0 Å². The zero-order valence-electron chi connectivity index (χ0n) is 22.3. The lowest BCUT2D eigenvalue weighted by Crippen LogP contribution is -2.52. The Balaban J connectivity index is 0.000000197. The third-order valence-corrected chi connectivity index (χ3v) is 7.22. The fourth-order valence-electron chi connectivity index (χ4n) is 5.22. The third-order valence-electron chi connectivity index (χ3n) is 7.22. The first-order chi connectivity index (χ1) is 17.5. The minimum atomic E-state index is -0.459. The number of piperidine rings is 1. The van der Waals surface area contributed by atoms with Crippen LogP contribution in [-0.2, 0) is 4.74 Å². The Labute approximate surface area is 219 Å². The molecule has 1 aromatic carbocycles. The average molecular weight is 513 g/mol. The molecule has 4 heterocycles. The zero-order chi connectivity index (χ0) is 26.7. The number of hydrogen-bond donors (Lipinski definition) is 3. The largest absolute Gasteiger partial charge is 0.507 e. The highest BCUT2D eigenvalue weighted by Gasteiger charge is 2.38. The molecule has 3 unspecified atom stereocenters. The summed E-state index contributed by atoms with van der Waals surface area (Å²) < 4.78 is 5.20. The van der Waals surface area contributed by atoms with Crippen molar-refractivity contribution in [3.05, 3.63) is 30.3 Å². The number of piperazine rings is 1. The first kappa shape index (κ1) is 26.9. The van der Waals surface area contributed by atoms with Gasteiger partial charge in [-0.2, -0.15) is 0 Å². The Morgan fingerprint density at radius 1 is 1.08 bits per heavy atom. The number of rotatable bonds is 2. The van der Waals surface area contributed by atoms with E-state index in [0.29, 0.717) is 42.2 Å². The van der Waals surface area contributed by atoms with E-state index < -0.39 is 11.7 Å². The van der Waals surface area contributed by atoms with Gasteiger partial charge in [-0.05, 0) is 71.7 Å². The van der Waals surface area contributed by atoms with Gasteiger partial charge in [0, 0.05) is 43.8 Å². The molecule has 3 atom stereocenters. The van der Waals surface area contributed by atoms with Crippen LogP contribution in [0, 0.1) is 0 Å². The topological polar surface area (TPSA) is 128 Å². The number of benzene rings is 1. The van der Waals surface area contributed by atoms with E-state index in [4.69, 9.17) is 10.5 Å². The Bertz CT molecular complexity index is 1080. The fraction of sp³-hybridized carbons (Fsp3) is 0.593. The summed E-state index contributed by atoms with van der Waals surface area (Å²) in [5.74, 6) is 0.657. The van der Waals surface area contributed by atoms with E-state index in [2.05, 4.69) is 27.0 Å². The van der Waals surface area contributed by atoms with Gasteiger partial charge in [0.05, 0.1) is 17.5 Å². The fourth-order valence-corrected chi connectivity index (χ4v) is 5.22. The number of nitrogens with two attached hydrogens (primary N) is 1. The van der Waals surface area contributed by atoms with Crippen LogP contribution in [0.3, 0.4) is 0 Å². The van der Waals surface area contributed by atoms with Crippen molar-refractivity contribution < 1.29 is 19.7 Å². The van der Waals surface area contributed by atoms with Gasteiger partial charge in [-0.25, -0.2) is 4.79 Å². The molecule has 3 fully saturated rings. The summed E-state index contributed by atoms with van der Waals surface area (Å²) in [6, 6.07) is 10.3. The van der Waals surface area contributed by atoms with Gasteiger partial charge in [-0.15, -0.1) is 10.2 Å². The van der Waals surface area contributed by atoms with Gasteiger partial charge in [0.25, 0.3) is 0 Å². The highest BCUT2D eigenvalue weighted by atomic mass is 16.6. The summed E-state index contributed by atoms with van der Waals surface area (Å²) >= 11 is 0. The van der Waals surface area contributed by atoms with E-state index in [9.17, 15) is 15.0 Å². The molecule has 0 radical (unpaired) electrons. The number of phenols is 1. The summed E-state index contributed by atoms with van der Waals surface area (Å²) in [7, 11) is 2.21. The molecule has 5 rings (SSSR count). The number of anilines is 2. The van der Waals surface area contributed by atoms with Gasteiger partial charge in [0.2, 0.25) is 0 Å². The maximum atomic E-state index is 11.6. The number of para-hydroxylation sites is 1. The molecule has 0 saturated carbocycles. The first-order valence-corrected chi connectivity index (χ1v) is 13.1. The number of β-amino-alcohol motifs (C(OH)–C–C–N with tert-alkyl or cyclic N) is 1. The number of aromatic nitrogens is 2. The lowest BCUT2D eigenvalue weighted by molar-refractivity contribution is 0.00391. The number of nitrogens with zero attached hydrogens (tertiary/aromatic N) is 5. The number of aliphatic hydroxyl groups excluding tert-OH is 1. The highest BCUT2D eigenvalue weighted by molar-refractivity contribution is 5.74. The molecule has 0 spiro atoms. The summed E-state index contributed by atoms with van der Waals surface area (Å²) in [5, 5.41) is 27.7. The molecule has 10 nitrogen and oxygen atoms in total. The smallest absolute Gasteiger partial charge is 0.410 e. The minimum absolute atomic E-state index is 0.205. The second kappa shape index (κ2) is 11.1. The van der Waals surface area contributed by atoms with Gasteiger partial charge in [0.1, 0.15) is 11.4 Å². The van der Waals surface area contributed by atoms with Crippen LogP contribution in [-0.4, -0.2) is 93.3 Å². The van der Waals surface area contributed by atoms with Gasteiger partial charge in [-0.1, -0.05) is 12.1 Å². The van der Waals surface area contributed by atoms with Crippen LogP contribution < -0.4 is 10.6 Å². The van der Waals surface area contributed by atoms with E-state index in [0.717, 1.165) is 31.6 Å². The first-order valence-electron chi connectivity index (χ1n) is 13.1. The van der Waals surface area contributed by atoms with E-state index in [1.54, 1.807) is 17.0 Å². The number of amides is 1. The van der Waals surface area contributed by atoms with Crippen LogP contribution in [0.4, 0.5) is 16.3 Å². The van der Waals surface area contributed by atoms with Crippen molar-refractivity contribution in [2.75, 3.05) is 43.9 Å². The van der Waals surface area contributed by atoms with Crippen molar-refractivity contribution in [3.8, 4) is 17.0 Å². The Hall–Kier alpha value is -3.11. The quantitative estimate of drug-likeness (QED) is 0.556. The maximum absolute atomic E-state index is 11.6. The minimum Gasteiger partial charge on any atom is -0.507 e. The molecule has 10 heteroatoms. The monoisotopic (exact) mass is 512 g/mol. The molecule has 3 saturated heterocycles. The predicted molar refractivity (Wildman–Crippen MR) is 143 cm³/mol. The summed E-state index contributed by atoms with van der Waals surface area (Å²) in [4.78, 5) is 17.9. The number of phenolic OH excluding ortho intramolecular Hbond substituents is 1. The molecule has 3 aliphatic rings. The lowest BCUT2D eigenvalue weighted by Gasteiger charge is -2.40. The van der Waals surface area contributed by atoms with Crippen LogP contribution in [0.1, 0.15) is 46.5 Å².